The highest BCUT2D eigenvalue weighted by atomic mass is 35.5. The summed E-state index contributed by atoms with van der Waals surface area (Å²) in [6, 6.07) is 8.10. The third kappa shape index (κ3) is 1.49. The van der Waals surface area contributed by atoms with Gasteiger partial charge in [-0.25, -0.2) is 4.98 Å². The molecule has 62 valence electrons. The molecule has 0 saturated heterocycles. The maximum atomic E-state index is 4.33. The number of para-hydroxylation sites is 1. The molecular formula is C9H8ClNS. The zero-order valence-electron chi connectivity index (χ0n) is 6.36. The van der Waals surface area contributed by atoms with Crippen LogP contribution in [-0.4, -0.2) is 4.98 Å². The molecule has 0 aliphatic carbocycles. The van der Waals surface area contributed by atoms with Crippen LogP contribution in [-0.2, 0) is 0 Å². The summed E-state index contributed by atoms with van der Waals surface area (Å²) in [6.07, 6.45) is 1.78. The number of halogens is 1. The van der Waals surface area contributed by atoms with E-state index in [1.807, 2.05) is 18.2 Å². The number of rotatable bonds is 1. The number of hydrogen-bond acceptors (Lipinski definition) is 2. The van der Waals surface area contributed by atoms with Crippen LogP contribution in [0.25, 0.3) is 16.3 Å². The molecule has 0 radical (unpaired) electrons. The van der Waals surface area contributed by atoms with Crippen molar-refractivity contribution in [2.24, 2.45) is 0 Å². The van der Waals surface area contributed by atoms with E-state index in [1.165, 1.54) is 4.70 Å². The summed E-state index contributed by atoms with van der Waals surface area (Å²) >= 11 is 1.67. The lowest BCUT2D eigenvalue weighted by Crippen LogP contribution is -1.65. The lowest BCUT2D eigenvalue weighted by molar-refractivity contribution is 1.46. The summed E-state index contributed by atoms with van der Waals surface area (Å²) in [5.41, 5.74) is 1.06. The molecule has 0 N–H and O–H groups in total. The molecule has 2 aromatic rings. The number of aromatic nitrogens is 1. The van der Waals surface area contributed by atoms with Gasteiger partial charge in [0.15, 0.2) is 0 Å². The van der Waals surface area contributed by atoms with Gasteiger partial charge in [0.2, 0.25) is 0 Å². The lowest BCUT2D eigenvalue weighted by Gasteiger charge is -1.80. The molecule has 0 unspecified atom stereocenters. The Kier molecular flexibility index (Phi) is 2.84. The first kappa shape index (κ1) is 9.23. The van der Waals surface area contributed by atoms with Crippen molar-refractivity contribution in [3.63, 3.8) is 0 Å². The molecular weight excluding hydrogens is 190 g/mol. The summed E-state index contributed by atoms with van der Waals surface area (Å²) in [5, 5.41) is 0.992. The van der Waals surface area contributed by atoms with E-state index in [4.69, 9.17) is 0 Å². The van der Waals surface area contributed by atoms with Crippen LogP contribution in [0.4, 0.5) is 0 Å². The van der Waals surface area contributed by atoms with E-state index in [-0.39, 0.29) is 12.4 Å². The van der Waals surface area contributed by atoms with E-state index < -0.39 is 0 Å². The van der Waals surface area contributed by atoms with Crippen LogP contribution >= 0.6 is 23.7 Å². The number of hydrogen-bond donors (Lipinski definition) is 0. The average molecular weight is 198 g/mol. The van der Waals surface area contributed by atoms with Gasteiger partial charge in [-0.15, -0.1) is 23.7 Å². The SMILES string of the molecule is C=Cc1nc2ccccc2s1.Cl. The number of benzene rings is 1. The number of fused-ring (bicyclic) bond motifs is 1. The Morgan fingerprint density at radius 3 is 2.75 bits per heavy atom. The fraction of sp³-hybridized carbons (Fsp3) is 0. The minimum Gasteiger partial charge on any atom is -0.237 e. The predicted octanol–water partition coefficient (Wildman–Crippen LogP) is 3.36. The van der Waals surface area contributed by atoms with Crippen LogP contribution in [0.3, 0.4) is 0 Å². The summed E-state index contributed by atoms with van der Waals surface area (Å²) in [5.74, 6) is 0. The molecule has 1 aromatic heterocycles. The van der Waals surface area contributed by atoms with Gasteiger partial charge in [-0.1, -0.05) is 18.7 Å². The van der Waals surface area contributed by atoms with Crippen LogP contribution < -0.4 is 0 Å². The molecule has 1 nitrogen and oxygen atoms in total. The van der Waals surface area contributed by atoms with Crippen LogP contribution in [0.2, 0.25) is 0 Å². The average Bonchev–Trinajstić information content (AvgIpc) is 2.46. The standard InChI is InChI=1S/C9H7NS.ClH/c1-2-9-10-7-5-3-4-6-8(7)11-9;/h2-6H,1H2;1H. The Morgan fingerprint density at radius 1 is 1.33 bits per heavy atom. The second kappa shape index (κ2) is 3.70. The lowest BCUT2D eigenvalue weighted by atomic mass is 10.3. The van der Waals surface area contributed by atoms with Crippen molar-refractivity contribution in [1.82, 2.24) is 4.98 Å². The van der Waals surface area contributed by atoms with Gasteiger partial charge < -0.3 is 0 Å². The minimum atomic E-state index is 0. The van der Waals surface area contributed by atoms with Crippen molar-refractivity contribution in [3.05, 3.63) is 35.9 Å². The van der Waals surface area contributed by atoms with Crippen LogP contribution in [0.15, 0.2) is 30.8 Å². The van der Waals surface area contributed by atoms with Crippen molar-refractivity contribution in [2.45, 2.75) is 0 Å². The maximum absolute atomic E-state index is 4.33. The van der Waals surface area contributed by atoms with Crippen molar-refractivity contribution in [2.75, 3.05) is 0 Å². The second-order valence-corrected chi connectivity index (χ2v) is 3.29. The number of nitrogens with zero attached hydrogens (tertiary/aromatic N) is 1. The molecule has 0 saturated carbocycles. The van der Waals surface area contributed by atoms with Crippen LogP contribution in [0.1, 0.15) is 5.01 Å². The Hall–Kier alpha value is -0.860. The zero-order valence-corrected chi connectivity index (χ0v) is 7.99. The van der Waals surface area contributed by atoms with Gasteiger partial charge in [0, 0.05) is 0 Å². The molecule has 1 heterocycles. The molecule has 0 atom stereocenters. The van der Waals surface area contributed by atoms with Gasteiger partial charge in [0.1, 0.15) is 5.01 Å². The topological polar surface area (TPSA) is 12.9 Å². The van der Waals surface area contributed by atoms with Crippen LogP contribution in [0, 0.1) is 0 Å². The molecule has 2 rings (SSSR count). The van der Waals surface area contributed by atoms with Gasteiger partial charge in [0.25, 0.3) is 0 Å². The third-order valence-electron chi connectivity index (χ3n) is 1.49. The van der Waals surface area contributed by atoms with Crippen molar-refractivity contribution < 1.29 is 0 Å². The van der Waals surface area contributed by atoms with E-state index >= 15 is 0 Å². The third-order valence-corrected chi connectivity index (χ3v) is 2.52. The normalized spacial score (nSPS) is 9.33. The predicted molar refractivity (Wildman–Crippen MR) is 57.0 cm³/mol. The minimum absolute atomic E-state index is 0. The quantitative estimate of drug-likeness (QED) is 0.683. The second-order valence-electron chi connectivity index (χ2n) is 2.22. The largest absolute Gasteiger partial charge is 0.237 e. The molecule has 1 aromatic carbocycles. The van der Waals surface area contributed by atoms with Gasteiger partial charge in [-0.05, 0) is 18.2 Å². The van der Waals surface area contributed by atoms with E-state index in [1.54, 1.807) is 17.4 Å². The molecule has 0 amide bonds. The van der Waals surface area contributed by atoms with Gasteiger partial charge in [-0.3, -0.25) is 0 Å². The van der Waals surface area contributed by atoms with Gasteiger partial charge >= 0.3 is 0 Å². The Bertz CT molecular complexity index is 361. The van der Waals surface area contributed by atoms with Crippen LogP contribution in [0.5, 0.6) is 0 Å². The molecule has 12 heavy (non-hydrogen) atoms. The Morgan fingerprint density at radius 2 is 2.08 bits per heavy atom. The van der Waals surface area contributed by atoms with E-state index in [9.17, 15) is 0 Å². The first-order valence-corrected chi connectivity index (χ1v) is 4.20. The van der Waals surface area contributed by atoms with Crippen molar-refractivity contribution in [1.29, 1.82) is 0 Å². The monoisotopic (exact) mass is 197 g/mol. The summed E-state index contributed by atoms with van der Waals surface area (Å²) in [7, 11) is 0. The van der Waals surface area contributed by atoms with E-state index in [0.29, 0.717) is 0 Å². The fourth-order valence-electron chi connectivity index (χ4n) is 0.977. The number of thiazole rings is 1. The highest BCUT2D eigenvalue weighted by Gasteiger charge is 1.97. The smallest absolute Gasteiger partial charge is 0.116 e. The maximum Gasteiger partial charge on any atom is 0.116 e. The summed E-state index contributed by atoms with van der Waals surface area (Å²) < 4.78 is 1.22. The Balaban J connectivity index is 0.000000720. The van der Waals surface area contributed by atoms with Crippen molar-refractivity contribution in [3.8, 4) is 0 Å². The van der Waals surface area contributed by atoms with E-state index in [2.05, 4.69) is 17.6 Å². The van der Waals surface area contributed by atoms with Gasteiger partial charge in [-0.2, -0.15) is 0 Å². The highest BCUT2D eigenvalue weighted by molar-refractivity contribution is 7.19. The summed E-state index contributed by atoms with van der Waals surface area (Å²) in [4.78, 5) is 4.33. The molecule has 0 aliphatic rings. The first-order valence-electron chi connectivity index (χ1n) is 3.38. The molecule has 0 bridgehead atoms. The summed E-state index contributed by atoms with van der Waals surface area (Å²) in [6.45, 7) is 3.67. The highest BCUT2D eigenvalue weighted by Crippen LogP contribution is 2.21. The van der Waals surface area contributed by atoms with Crippen molar-refractivity contribution >= 4 is 40.0 Å². The molecule has 0 aliphatic heterocycles. The fourth-order valence-corrected chi connectivity index (χ4v) is 1.79. The zero-order chi connectivity index (χ0) is 7.68. The van der Waals surface area contributed by atoms with Gasteiger partial charge in [0.05, 0.1) is 10.2 Å². The first-order chi connectivity index (χ1) is 5.40. The molecule has 0 spiro atoms. The molecule has 3 heteroatoms. The Labute approximate surface area is 81.2 Å². The van der Waals surface area contributed by atoms with E-state index in [0.717, 1.165) is 10.5 Å². The molecule has 0 fully saturated rings.